The molecule has 9 heteroatoms. The summed E-state index contributed by atoms with van der Waals surface area (Å²) in [6.45, 7) is 6.43. The number of hydrogen-bond acceptors (Lipinski definition) is 5. The van der Waals surface area contributed by atoms with Crippen molar-refractivity contribution in [3.05, 3.63) is 41.3 Å². The Morgan fingerprint density at radius 3 is 2.61 bits per heavy atom. The van der Waals surface area contributed by atoms with Gasteiger partial charge in [0.05, 0.1) is 0 Å². The number of benzene rings is 1. The van der Waals surface area contributed by atoms with Crippen LogP contribution in [0.25, 0.3) is 0 Å². The zero-order valence-corrected chi connectivity index (χ0v) is 17.2. The average Bonchev–Trinajstić information content (AvgIpc) is 3.01. The van der Waals surface area contributed by atoms with E-state index in [0.717, 1.165) is 18.4 Å². The van der Waals surface area contributed by atoms with Gasteiger partial charge in [0.25, 0.3) is 0 Å². The van der Waals surface area contributed by atoms with Crippen LogP contribution in [0.4, 0.5) is 10.5 Å². The third-order valence-electron chi connectivity index (χ3n) is 4.91. The first-order valence-electron chi connectivity index (χ1n) is 9.32. The molecule has 0 radical (unpaired) electrons. The summed E-state index contributed by atoms with van der Waals surface area (Å²) in [7, 11) is -3.66. The summed E-state index contributed by atoms with van der Waals surface area (Å²) < 4.78 is 32.4. The van der Waals surface area contributed by atoms with E-state index in [-0.39, 0.29) is 16.8 Å². The summed E-state index contributed by atoms with van der Waals surface area (Å²) in [5.41, 5.74) is 2.21. The minimum Gasteiger partial charge on any atom is -0.360 e. The topological polar surface area (TPSA) is 105 Å². The molecule has 2 amide bonds. The molecule has 3 rings (SSSR count). The van der Waals surface area contributed by atoms with Crippen LogP contribution >= 0.6 is 0 Å². The van der Waals surface area contributed by atoms with Crippen molar-refractivity contribution >= 4 is 21.7 Å². The summed E-state index contributed by atoms with van der Waals surface area (Å²) in [6, 6.07) is 7.23. The third kappa shape index (κ3) is 4.53. The molecule has 2 heterocycles. The second-order valence-corrected chi connectivity index (χ2v) is 9.10. The molecule has 0 spiro atoms. The Morgan fingerprint density at radius 1 is 1.25 bits per heavy atom. The van der Waals surface area contributed by atoms with E-state index in [4.69, 9.17) is 4.52 Å². The zero-order valence-electron chi connectivity index (χ0n) is 16.4. The predicted molar refractivity (Wildman–Crippen MR) is 106 cm³/mol. The fourth-order valence-corrected chi connectivity index (χ4v) is 5.28. The number of amides is 2. The van der Waals surface area contributed by atoms with Crippen molar-refractivity contribution in [1.29, 1.82) is 0 Å². The quantitative estimate of drug-likeness (QED) is 0.794. The Labute approximate surface area is 165 Å². The Balaban J connectivity index is 1.58. The molecule has 0 bridgehead atoms. The van der Waals surface area contributed by atoms with Gasteiger partial charge in [-0.05, 0) is 51.7 Å². The van der Waals surface area contributed by atoms with Gasteiger partial charge < -0.3 is 15.2 Å². The van der Waals surface area contributed by atoms with Crippen molar-refractivity contribution in [2.75, 3.05) is 25.0 Å². The first-order chi connectivity index (χ1) is 13.3. The molecule has 1 aromatic heterocycles. The SMILES string of the molecule is Cc1ccc(NC(=O)NCC2CCCN(S(=O)(=O)c3c(C)noc3C)C2)cc1. The number of nitrogens with zero attached hydrogens (tertiary/aromatic N) is 2. The number of nitrogens with one attached hydrogen (secondary N) is 2. The molecule has 1 fully saturated rings. The molecule has 152 valence electrons. The van der Waals surface area contributed by atoms with E-state index in [1.54, 1.807) is 13.8 Å². The number of hydrogen-bond donors (Lipinski definition) is 2. The fraction of sp³-hybridized carbons (Fsp3) is 0.474. The van der Waals surface area contributed by atoms with Gasteiger partial charge in [-0.3, -0.25) is 0 Å². The summed E-state index contributed by atoms with van der Waals surface area (Å²) in [6.07, 6.45) is 1.60. The van der Waals surface area contributed by atoms with Gasteiger partial charge in [0.1, 0.15) is 10.6 Å². The molecule has 28 heavy (non-hydrogen) atoms. The van der Waals surface area contributed by atoms with Gasteiger partial charge in [-0.25, -0.2) is 13.2 Å². The van der Waals surface area contributed by atoms with Crippen molar-refractivity contribution in [3.63, 3.8) is 0 Å². The average molecular weight is 407 g/mol. The molecular formula is C19H26N4O4S. The highest BCUT2D eigenvalue weighted by atomic mass is 32.2. The zero-order chi connectivity index (χ0) is 20.3. The molecule has 1 aromatic carbocycles. The number of sulfonamides is 1. The van der Waals surface area contributed by atoms with Crippen molar-refractivity contribution in [2.24, 2.45) is 5.92 Å². The summed E-state index contributed by atoms with van der Waals surface area (Å²) in [5.74, 6) is 0.350. The number of piperidine rings is 1. The molecular weight excluding hydrogens is 380 g/mol. The van der Waals surface area contributed by atoms with Crippen LogP contribution in [0, 0.1) is 26.7 Å². The van der Waals surface area contributed by atoms with Gasteiger partial charge in [-0.2, -0.15) is 4.31 Å². The summed E-state index contributed by atoms with van der Waals surface area (Å²) >= 11 is 0. The lowest BCUT2D eigenvalue weighted by molar-refractivity contribution is 0.238. The third-order valence-corrected chi connectivity index (χ3v) is 7.02. The molecule has 0 aliphatic carbocycles. The van der Waals surface area contributed by atoms with Crippen LogP contribution in [0.1, 0.15) is 29.9 Å². The Hall–Kier alpha value is -2.39. The Bertz CT molecular complexity index is 918. The maximum Gasteiger partial charge on any atom is 0.319 e. The fourth-order valence-electron chi connectivity index (χ4n) is 3.43. The minimum atomic E-state index is -3.66. The highest BCUT2D eigenvalue weighted by Gasteiger charge is 2.34. The molecule has 8 nitrogen and oxygen atoms in total. The number of aromatic nitrogens is 1. The molecule has 1 atom stereocenters. The van der Waals surface area contributed by atoms with Gasteiger partial charge in [0.15, 0.2) is 5.76 Å². The summed E-state index contributed by atoms with van der Waals surface area (Å²) in [5, 5.41) is 9.38. The molecule has 1 unspecified atom stereocenters. The lowest BCUT2D eigenvalue weighted by atomic mass is 10.00. The van der Waals surface area contributed by atoms with E-state index in [1.165, 1.54) is 4.31 Å². The summed E-state index contributed by atoms with van der Waals surface area (Å²) in [4.78, 5) is 12.3. The van der Waals surface area contributed by atoms with Crippen molar-refractivity contribution in [2.45, 2.75) is 38.5 Å². The van der Waals surface area contributed by atoms with Crippen LogP contribution < -0.4 is 10.6 Å². The van der Waals surface area contributed by atoms with Gasteiger partial charge in [-0.15, -0.1) is 0 Å². The monoisotopic (exact) mass is 406 g/mol. The van der Waals surface area contributed by atoms with Crippen LogP contribution in [0.15, 0.2) is 33.7 Å². The predicted octanol–water partition coefficient (Wildman–Crippen LogP) is 2.82. The Morgan fingerprint density at radius 2 is 1.96 bits per heavy atom. The van der Waals surface area contributed by atoms with E-state index in [0.29, 0.717) is 36.8 Å². The minimum absolute atomic E-state index is 0.0489. The van der Waals surface area contributed by atoms with Gasteiger partial charge in [-0.1, -0.05) is 22.9 Å². The highest BCUT2D eigenvalue weighted by molar-refractivity contribution is 7.89. The molecule has 2 aromatic rings. The first kappa shape index (κ1) is 20.3. The van der Waals surface area contributed by atoms with E-state index >= 15 is 0 Å². The smallest absolute Gasteiger partial charge is 0.319 e. The molecule has 2 N–H and O–H groups in total. The van der Waals surface area contributed by atoms with Crippen LogP contribution in [0.5, 0.6) is 0 Å². The van der Waals surface area contributed by atoms with E-state index < -0.39 is 10.0 Å². The van der Waals surface area contributed by atoms with Gasteiger partial charge in [0.2, 0.25) is 10.0 Å². The van der Waals surface area contributed by atoms with Crippen molar-refractivity contribution < 1.29 is 17.7 Å². The largest absolute Gasteiger partial charge is 0.360 e. The lowest BCUT2D eigenvalue weighted by Gasteiger charge is -2.31. The lowest BCUT2D eigenvalue weighted by Crippen LogP contribution is -2.44. The van der Waals surface area contributed by atoms with Crippen molar-refractivity contribution in [3.8, 4) is 0 Å². The van der Waals surface area contributed by atoms with E-state index in [9.17, 15) is 13.2 Å². The number of anilines is 1. The first-order valence-corrected chi connectivity index (χ1v) is 10.8. The van der Waals surface area contributed by atoms with Crippen LogP contribution in [0.2, 0.25) is 0 Å². The number of carbonyl (C=O) groups is 1. The number of rotatable bonds is 5. The molecule has 1 aliphatic heterocycles. The maximum atomic E-state index is 13.0. The van der Waals surface area contributed by atoms with Gasteiger partial charge >= 0.3 is 6.03 Å². The second kappa shape index (κ2) is 8.32. The van der Waals surface area contributed by atoms with Gasteiger partial charge in [0, 0.05) is 25.3 Å². The molecule has 0 saturated carbocycles. The van der Waals surface area contributed by atoms with Crippen LogP contribution in [-0.2, 0) is 10.0 Å². The second-order valence-electron chi connectivity index (χ2n) is 7.23. The highest BCUT2D eigenvalue weighted by Crippen LogP contribution is 2.27. The maximum absolute atomic E-state index is 13.0. The Kier molecular flexibility index (Phi) is 6.04. The normalized spacial score (nSPS) is 18.0. The van der Waals surface area contributed by atoms with Crippen LogP contribution in [-0.4, -0.2) is 43.5 Å². The van der Waals surface area contributed by atoms with Crippen molar-refractivity contribution in [1.82, 2.24) is 14.8 Å². The van der Waals surface area contributed by atoms with E-state index in [1.807, 2.05) is 31.2 Å². The van der Waals surface area contributed by atoms with E-state index in [2.05, 4.69) is 15.8 Å². The van der Waals surface area contributed by atoms with Crippen LogP contribution in [0.3, 0.4) is 0 Å². The number of carbonyl (C=O) groups excluding carboxylic acids is 1. The number of aryl methyl sites for hydroxylation is 3. The molecule has 1 aliphatic rings. The molecule has 1 saturated heterocycles. The standard InChI is InChI=1S/C19H26N4O4S/c1-13-6-8-17(9-7-13)21-19(24)20-11-16-5-4-10-23(12-16)28(25,26)18-14(2)22-27-15(18)3/h6-9,16H,4-5,10-12H2,1-3H3,(H2,20,21,24). The number of urea groups is 1.